The molecule has 1 nitrogen and oxygen atoms in total. The summed E-state index contributed by atoms with van der Waals surface area (Å²) in [5.41, 5.74) is 0.0817. The first-order valence-corrected chi connectivity index (χ1v) is 6.73. The van der Waals surface area contributed by atoms with Crippen LogP contribution in [0.5, 0.6) is 0 Å². The van der Waals surface area contributed by atoms with Crippen molar-refractivity contribution >= 4 is 0 Å². The third-order valence-corrected chi connectivity index (χ3v) is 3.11. The number of hydrogen-bond acceptors (Lipinski definition) is 1. The van der Waals surface area contributed by atoms with Crippen molar-refractivity contribution < 1.29 is 8.78 Å². The maximum absolute atomic E-state index is 13.8. The van der Waals surface area contributed by atoms with E-state index >= 15 is 0 Å². The van der Waals surface area contributed by atoms with Gasteiger partial charge in [0.15, 0.2) is 0 Å². The minimum Gasteiger partial charge on any atom is -0.308 e. The van der Waals surface area contributed by atoms with E-state index in [2.05, 4.69) is 12.2 Å². The van der Waals surface area contributed by atoms with E-state index in [9.17, 15) is 8.78 Å². The summed E-state index contributed by atoms with van der Waals surface area (Å²) in [7, 11) is 0. The molecular formula is C15H23F2N. The topological polar surface area (TPSA) is 12.0 Å². The molecule has 18 heavy (non-hydrogen) atoms. The van der Waals surface area contributed by atoms with Gasteiger partial charge in [-0.15, -0.1) is 0 Å². The van der Waals surface area contributed by atoms with Crippen LogP contribution in [-0.2, 0) is 5.92 Å². The molecule has 1 aromatic rings. The van der Waals surface area contributed by atoms with Crippen molar-refractivity contribution in [1.29, 1.82) is 0 Å². The maximum atomic E-state index is 13.8. The van der Waals surface area contributed by atoms with Gasteiger partial charge >= 0.3 is 0 Å². The van der Waals surface area contributed by atoms with Crippen molar-refractivity contribution in [2.24, 2.45) is 0 Å². The molecule has 1 atom stereocenters. The molecule has 0 aromatic heterocycles. The minimum atomic E-state index is -2.79. The lowest BCUT2D eigenvalue weighted by Crippen LogP contribution is -2.36. The normalized spacial score (nSPS) is 13.6. The third-order valence-electron chi connectivity index (χ3n) is 3.11. The molecule has 0 saturated carbocycles. The first kappa shape index (κ1) is 15.1. The number of rotatable bonds is 8. The van der Waals surface area contributed by atoms with Crippen LogP contribution in [0.3, 0.4) is 0 Å². The van der Waals surface area contributed by atoms with Crippen molar-refractivity contribution in [3.8, 4) is 0 Å². The van der Waals surface area contributed by atoms with Gasteiger partial charge in [-0.1, -0.05) is 56.5 Å². The van der Waals surface area contributed by atoms with Gasteiger partial charge in [-0.05, 0) is 13.3 Å². The molecule has 0 aliphatic rings. The molecule has 0 bridgehead atoms. The zero-order chi connectivity index (χ0) is 13.4. The number of nitrogens with one attached hydrogen (secondary N) is 1. The second-order valence-corrected chi connectivity index (χ2v) is 4.85. The highest BCUT2D eigenvalue weighted by atomic mass is 19.3. The van der Waals surface area contributed by atoms with Crippen molar-refractivity contribution in [3.05, 3.63) is 35.9 Å². The fourth-order valence-electron chi connectivity index (χ4n) is 1.89. The molecule has 0 aliphatic heterocycles. The van der Waals surface area contributed by atoms with Gasteiger partial charge in [0.1, 0.15) is 0 Å². The van der Waals surface area contributed by atoms with Gasteiger partial charge in [0, 0.05) is 11.6 Å². The number of benzene rings is 1. The molecule has 0 aliphatic carbocycles. The zero-order valence-corrected chi connectivity index (χ0v) is 11.3. The van der Waals surface area contributed by atoms with Crippen LogP contribution in [-0.4, -0.2) is 12.6 Å². The average Bonchev–Trinajstić information content (AvgIpc) is 2.38. The smallest absolute Gasteiger partial charge is 0.285 e. The predicted octanol–water partition coefficient (Wildman–Crippen LogP) is 4.34. The van der Waals surface area contributed by atoms with Gasteiger partial charge in [-0.2, -0.15) is 8.78 Å². The Labute approximate surface area is 109 Å². The van der Waals surface area contributed by atoms with Crippen molar-refractivity contribution in [2.75, 3.05) is 6.54 Å². The minimum absolute atomic E-state index is 0.0817. The van der Waals surface area contributed by atoms with Crippen LogP contribution in [0.15, 0.2) is 30.3 Å². The molecule has 0 radical (unpaired) electrons. The summed E-state index contributed by atoms with van der Waals surface area (Å²) >= 11 is 0. The summed E-state index contributed by atoms with van der Waals surface area (Å²) in [5.74, 6) is -2.79. The Kier molecular flexibility index (Phi) is 6.27. The quantitative estimate of drug-likeness (QED) is 0.681. The summed E-state index contributed by atoms with van der Waals surface area (Å²) in [4.78, 5) is 0. The first-order valence-electron chi connectivity index (χ1n) is 6.73. The fourth-order valence-corrected chi connectivity index (χ4v) is 1.89. The Morgan fingerprint density at radius 3 is 2.44 bits per heavy atom. The van der Waals surface area contributed by atoms with Gasteiger partial charge < -0.3 is 5.32 Å². The molecular weight excluding hydrogens is 232 g/mol. The Morgan fingerprint density at radius 1 is 1.17 bits per heavy atom. The van der Waals surface area contributed by atoms with Crippen molar-refractivity contribution in [3.63, 3.8) is 0 Å². The Balaban J connectivity index is 2.37. The Bertz CT molecular complexity index is 325. The van der Waals surface area contributed by atoms with Crippen LogP contribution in [0.2, 0.25) is 0 Å². The largest absolute Gasteiger partial charge is 0.308 e. The average molecular weight is 255 g/mol. The van der Waals surface area contributed by atoms with E-state index in [1.54, 1.807) is 18.2 Å². The van der Waals surface area contributed by atoms with Crippen LogP contribution in [0, 0.1) is 0 Å². The van der Waals surface area contributed by atoms with E-state index in [4.69, 9.17) is 0 Å². The van der Waals surface area contributed by atoms with Gasteiger partial charge in [-0.25, -0.2) is 0 Å². The van der Waals surface area contributed by atoms with E-state index in [1.165, 1.54) is 18.6 Å². The molecule has 0 fully saturated rings. The summed E-state index contributed by atoms with van der Waals surface area (Å²) in [6, 6.07) is 8.14. The SMILES string of the molecule is CCCCCC(C)NCC(F)(F)c1ccccc1. The third kappa shape index (κ3) is 5.13. The maximum Gasteiger partial charge on any atom is 0.285 e. The van der Waals surface area contributed by atoms with Crippen LogP contribution in [0.1, 0.15) is 45.1 Å². The number of unbranched alkanes of at least 4 members (excludes halogenated alkanes) is 2. The highest BCUT2D eigenvalue weighted by Crippen LogP contribution is 2.26. The molecule has 0 heterocycles. The number of halogens is 2. The second kappa shape index (κ2) is 7.47. The van der Waals surface area contributed by atoms with Crippen LogP contribution >= 0.6 is 0 Å². The zero-order valence-electron chi connectivity index (χ0n) is 11.3. The summed E-state index contributed by atoms with van der Waals surface area (Å²) in [6.07, 6.45) is 4.38. The van der Waals surface area contributed by atoms with Crippen LogP contribution < -0.4 is 5.32 Å². The summed E-state index contributed by atoms with van der Waals surface area (Å²) in [6.45, 7) is 3.82. The van der Waals surface area contributed by atoms with Gasteiger partial charge in [-0.3, -0.25) is 0 Å². The van der Waals surface area contributed by atoms with Crippen molar-refractivity contribution in [1.82, 2.24) is 5.32 Å². The van der Waals surface area contributed by atoms with E-state index in [1.807, 2.05) is 6.92 Å². The van der Waals surface area contributed by atoms with E-state index in [0.717, 1.165) is 19.3 Å². The lowest BCUT2D eigenvalue weighted by Gasteiger charge is -2.20. The molecule has 1 aromatic carbocycles. The monoisotopic (exact) mass is 255 g/mol. The first-order chi connectivity index (χ1) is 8.56. The standard InChI is InChI=1S/C15H23F2N/c1-3-4-6-9-13(2)18-12-15(16,17)14-10-7-5-8-11-14/h5,7-8,10-11,13,18H,3-4,6,9,12H2,1-2H3. The van der Waals surface area contributed by atoms with E-state index in [-0.39, 0.29) is 18.2 Å². The molecule has 0 amide bonds. The molecule has 3 heteroatoms. The molecule has 1 N–H and O–H groups in total. The highest BCUT2D eigenvalue weighted by Gasteiger charge is 2.31. The molecule has 0 spiro atoms. The molecule has 1 rings (SSSR count). The lowest BCUT2D eigenvalue weighted by atomic mass is 10.1. The highest BCUT2D eigenvalue weighted by molar-refractivity contribution is 5.20. The van der Waals surface area contributed by atoms with E-state index < -0.39 is 5.92 Å². The van der Waals surface area contributed by atoms with Gasteiger partial charge in [0.05, 0.1) is 6.54 Å². The lowest BCUT2D eigenvalue weighted by molar-refractivity contribution is -0.00553. The van der Waals surface area contributed by atoms with Crippen molar-refractivity contribution in [2.45, 2.75) is 51.5 Å². The number of alkyl halides is 2. The second-order valence-electron chi connectivity index (χ2n) is 4.85. The molecule has 102 valence electrons. The summed E-state index contributed by atoms with van der Waals surface area (Å²) < 4.78 is 27.7. The van der Waals surface area contributed by atoms with E-state index in [0.29, 0.717) is 0 Å². The Hall–Kier alpha value is -0.960. The van der Waals surface area contributed by atoms with Crippen LogP contribution in [0.4, 0.5) is 8.78 Å². The predicted molar refractivity (Wildman–Crippen MR) is 71.9 cm³/mol. The van der Waals surface area contributed by atoms with Crippen LogP contribution in [0.25, 0.3) is 0 Å². The van der Waals surface area contributed by atoms with Gasteiger partial charge in [0.25, 0.3) is 5.92 Å². The molecule has 1 unspecified atom stereocenters. The fraction of sp³-hybridized carbons (Fsp3) is 0.600. The van der Waals surface area contributed by atoms with Gasteiger partial charge in [0.2, 0.25) is 0 Å². The number of hydrogen-bond donors (Lipinski definition) is 1. The summed E-state index contributed by atoms with van der Waals surface area (Å²) in [5, 5.41) is 2.93. The Morgan fingerprint density at radius 2 is 1.83 bits per heavy atom. The molecule has 0 saturated heterocycles.